The number of methoxy groups -OCH3 is 4. The van der Waals surface area contributed by atoms with E-state index in [1.165, 1.54) is 52.7 Å². The first kappa shape index (κ1) is 32.1. The van der Waals surface area contributed by atoms with Gasteiger partial charge in [-0.3, -0.25) is 15.0 Å². The second-order valence-corrected chi connectivity index (χ2v) is 10.6. The molecule has 1 aromatic heterocycles. The highest BCUT2D eigenvalue weighted by molar-refractivity contribution is 8.07. The molecular formula is C27H29N3O10S2. The fourth-order valence-corrected chi connectivity index (χ4v) is 6.42. The van der Waals surface area contributed by atoms with Gasteiger partial charge in [0.05, 0.1) is 39.0 Å². The summed E-state index contributed by atoms with van der Waals surface area (Å²) in [5.41, 5.74) is 1.17. The van der Waals surface area contributed by atoms with E-state index in [-0.39, 0.29) is 21.0 Å². The lowest BCUT2D eigenvalue weighted by Gasteiger charge is -2.39. The van der Waals surface area contributed by atoms with Gasteiger partial charge < -0.3 is 23.8 Å². The molecule has 2 aromatic rings. The number of hydrogen-bond donors (Lipinski definition) is 0. The van der Waals surface area contributed by atoms with E-state index in [2.05, 4.69) is 0 Å². The summed E-state index contributed by atoms with van der Waals surface area (Å²) in [5.74, 6) is -3.12. The molecule has 3 rings (SSSR count). The molecule has 2 heterocycles. The zero-order chi connectivity index (χ0) is 31.1. The van der Waals surface area contributed by atoms with Gasteiger partial charge in [-0.05, 0) is 25.5 Å². The Balaban J connectivity index is 2.42. The number of unbranched alkanes of at least 4 members (excludes halogenated alkanes) is 1. The lowest BCUT2D eigenvalue weighted by molar-refractivity contribution is -0.384. The van der Waals surface area contributed by atoms with Crippen molar-refractivity contribution in [1.29, 1.82) is 0 Å². The van der Waals surface area contributed by atoms with Crippen LogP contribution in [0.25, 0.3) is 0 Å². The molecule has 0 aliphatic carbocycles. The number of nitrogens with zero attached hydrogens (tertiary/aromatic N) is 3. The van der Waals surface area contributed by atoms with Crippen molar-refractivity contribution in [3.05, 3.63) is 66.5 Å². The summed E-state index contributed by atoms with van der Waals surface area (Å²) in [4.78, 5) is 65.1. The highest BCUT2D eigenvalue weighted by Gasteiger charge is 2.40. The standard InChI is InChI=1S/C27H29N3O10S2/c1-7-8-13-28-15(2)23(41-18(25(32)38-4)14-19(31)37-3)29(16-9-11-17(12-10-16)30(35)36)24-21(28)20(26(33)39-5)22(42-24)27(34)40-6/h9-12,14H,7-8,13H2,1-6H3/b18-14+. The summed E-state index contributed by atoms with van der Waals surface area (Å²) in [7, 11) is 4.72. The Morgan fingerprint density at radius 2 is 1.64 bits per heavy atom. The van der Waals surface area contributed by atoms with E-state index >= 15 is 0 Å². The molecule has 0 saturated heterocycles. The number of benzene rings is 1. The number of nitro groups is 1. The van der Waals surface area contributed by atoms with E-state index in [0.29, 0.717) is 40.1 Å². The molecule has 0 fully saturated rings. The smallest absolute Gasteiger partial charge is 0.349 e. The average Bonchev–Trinajstić information content (AvgIpc) is 3.39. The molecule has 15 heteroatoms. The molecule has 13 nitrogen and oxygen atoms in total. The van der Waals surface area contributed by atoms with Crippen LogP contribution in [0.2, 0.25) is 0 Å². The summed E-state index contributed by atoms with van der Waals surface area (Å²) < 4.78 is 19.7. The van der Waals surface area contributed by atoms with Crippen molar-refractivity contribution < 1.29 is 43.0 Å². The van der Waals surface area contributed by atoms with Crippen LogP contribution >= 0.6 is 23.1 Å². The molecule has 1 aliphatic heterocycles. The zero-order valence-corrected chi connectivity index (χ0v) is 25.4. The molecule has 0 saturated carbocycles. The minimum Gasteiger partial charge on any atom is -0.466 e. The number of thioether (sulfide) groups is 1. The molecule has 1 aromatic carbocycles. The molecule has 0 radical (unpaired) electrons. The Labute approximate surface area is 249 Å². The Hall–Kier alpha value is -4.37. The number of thiophene rings is 1. The Kier molecular flexibility index (Phi) is 10.7. The van der Waals surface area contributed by atoms with Gasteiger partial charge in [0.1, 0.15) is 25.4 Å². The van der Waals surface area contributed by atoms with Crippen molar-refractivity contribution in [3.8, 4) is 0 Å². The first-order valence-electron chi connectivity index (χ1n) is 12.5. The van der Waals surface area contributed by atoms with E-state index in [4.69, 9.17) is 18.9 Å². The zero-order valence-electron chi connectivity index (χ0n) is 23.7. The number of esters is 4. The lowest BCUT2D eigenvalue weighted by atomic mass is 10.1. The molecule has 0 amide bonds. The summed E-state index contributed by atoms with van der Waals surface area (Å²) >= 11 is 1.85. The number of rotatable bonds is 11. The highest BCUT2D eigenvalue weighted by Crippen LogP contribution is 2.55. The number of allylic oxidation sites excluding steroid dienone is 1. The largest absolute Gasteiger partial charge is 0.466 e. The summed E-state index contributed by atoms with van der Waals surface area (Å²) in [6, 6.07) is 5.60. The minimum atomic E-state index is -0.808. The van der Waals surface area contributed by atoms with Crippen LogP contribution in [0.3, 0.4) is 0 Å². The Morgan fingerprint density at radius 1 is 1.00 bits per heavy atom. The molecule has 1 aliphatic rings. The van der Waals surface area contributed by atoms with E-state index < -0.39 is 28.8 Å². The molecule has 0 atom stereocenters. The van der Waals surface area contributed by atoms with Crippen molar-refractivity contribution in [1.82, 2.24) is 0 Å². The van der Waals surface area contributed by atoms with Crippen LogP contribution in [0.4, 0.5) is 22.1 Å². The number of ether oxygens (including phenoxy) is 4. The first-order valence-corrected chi connectivity index (χ1v) is 14.1. The third kappa shape index (κ3) is 6.41. The van der Waals surface area contributed by atoms with E-state index in [9.17, 15) is 29.3 Å². The van der Waals surface area contributed by atoms with Gasteiger partial charge in [0.15, 0.2) is 0 Å². The topological polar surface area (TPSA) is 155 Å². The SMILES string of the molecule is CCCCN1C(C)=C(S/C(=C/C(=O)OC)C(=O)OC)N(c2ccc([N+](=O)[O-])cc2)c2sc(C(=O)OC)c(C(=O)OC)c21. The predicted molar refractivity (Wildman–Crippen MR) is 157 cm³/mol. The van der Waals surface area contributed by atoms with Crippen molar-refractivity contribution in [3.63, 3.8) is 0 Å². The molecule has 0 bridgehead atoms. The van der Waals surface area contributed by atoms with Crippen molar-refractivity contribution in [2.75, 3.05) is 44.8 Å². The van der Waals surface area contributed by atoms with Crippen LogP contribution in [0.15, 0.2) is 46.0 Å². The predicted octanol–water partition coefficient (Wildman–Crippen LogP) is 5.14. The van der Waals surface area contributed by atoms with Gasteiger partial charge in [-0.2, -0.15) is 0 Å². The number of fused-ring (bicyclic) bond motifs is 1. The van der Waals surface area contributed by atoms with Gasteiger partial charge in [-0.15, -0.1) is 11.3 Å². The van der Waals surface area contributed by atoms with Gasteiger partial charge in [-0.1, -0.05) is 25.1 Å². The molecule has 0 spiro atoms. The van der Waals surface area contributed by atoms with Crippen LogP contribution in [0, 0.1) is 10.1 Å². The monoisotopic (exact) mass is 619 g/mol. The third-order valence-electron chi connectivity index (χ3n) is 6.11. The summed E-state index contributed by atoms with van der Waals surface area (Å²) in [6.45, 7) is 4.16. The van der Waals surface area contributed by atoms with Gasteiger partial charge >= 0.3 is 23.9 Å². The second-order valence-electron chi connectivity index (χ2n) is 8.57. The number of carbonyl (C=O) groups excluding carboxylic acids is 4. The third-order valence-corrected chi connectivity index (χ3v) is 8.43. The van der Waals surface area contributed by atoms with Crippen molar-refractivity contribution in [2.24, 2.45) is 0 Å². The summed E-state index contributed by atoms with van der Waals surface area (Å²) in [6.07, 6.45) is 2.48. The van der Waals surface area contributed by atoms with Gasteiger partial charge in [0, 0.05) is 36.1 Å². The maximum absolute atomic E-state index is 13.1. The highest BCUT2D eigenvalue weighted by atomic mass is 32.2. The quantitative estimate of drug-likeness (QED) is 0.107. The maximum atomic E-state index is 13.1. The number of hydrogen-bond acceptors (Lipinski definition) is 14. The molecule has 0 N–H and O–H groups in total. The lowest BCUT2D eigenvalue weighted by Crippen LogP contribution is -2.33. The maximum Gasteiger partial charge on any atom is 0.349 e. The summed E-state index contributed by atoms with van der Waals surface area (Å²) in [5, 5.41) is 12.2. The van der Waals surface area contributed by atoms with Gasteiger partial charge in [0.2, 0.25) is 0 Å². The minimum absolute atomic E-state index is 0.00550. The van der Waals surface area contributed by atoms with E-state index in [0.717, 1.165) is 35.6 Å². The van der Waals surface area contributed by atoms with Crippen LogP contribution < -0.4 is 9.80 Å². The molecular weight excluding hydrogens is 590 g/mol. The van der Waals surface area contributed by atoms with Crippen molar-refractivity contribution >= 4 is 69.0 Å². The van der Waals surface area contributed by atoms with Crippen LogP contribution in [0.1, 0.15) is 46.7 Å². The Bertz CT molecular complexity index is 1460. The number of nitro benzene ring substituents is 1. The molecule has 0 unspecified atom stereocenters. The fourth-order valence-electron chi connectivity index (χ4n) is 4.05. The molecule has 42 heavy (non-hydrogen) atoms. The molecule has 224 valence electrons. The Morgan fingerprint density at radius 3 is 2.17 bits per heavy atom. The van der Waals surface area contributed by atoms with Gasteiger partial charge in [-0.25, -0.2) is 19.2 Å². The fraction of sp³-hybridized carbons (Fsp3) is 0.333. The average molecular weight is 620 g/mol. The first-order chi connectivity index (χ1) is 20.0. The van der Waals surface area contributed by atoms with Crippen LogP contribution in [-0.2, 0) is 28.5 Å². The normalized spacial score (nSPS) is 13.0. The van der Waals surface area contributed by atoms with Gasteiger partial charge in [0.25, 0.3) is 5.69 Å². The number of non-ortho nitro benzene ring substituents is 1. The number of carbonyl (C=O) groups is 4. The second kappa shape index (κ2) is 14.0. The van der Waals surface area contributed by atoms with Crippen molar-refractivity contribution in [2.45, 2.75) is 26.7 Å². The van der Waals surface area contributed by atoms with E-state index in [1.54, 1.807) is 11.8 Å². The number of anilines is 3. The van der Waals surface area contributed by atoms with Crippen LogP contribution in [0.5, 0.6) is 0 Å². The van der Waals surface area contributed by atoms with Crippen LogP contribution in [-0.4, -0.2) is 63.8 Å². The van der Waals surface area contributed by atoms with E-state index in [1.807, 2.05) is 11.8 Å².